The Labute approximate surface area is 160 Å². The van der Waals surface area contributed by atoms with Crippen LogP contribution in [0.3, 0.4) is 0 Å². The number of alkyl halides is 6. The van der Waals surface area contributed by atoms with Gasteiger partial charge in [-0.15, -0.1) is 0 Å². The van der Waals surface area contributed by atoms with Gasteiger partial charge in [0.1, 0.15) is 11.9 Å². The highest BCUT2D eigenvalue weighted by Gasteiger charge is 2.29. The predicted octanol–water partition coefficient (Wildman–Crippen LogP) is -2.38. The lowest BCUT2D eigenvalue weighted by atomic mass is 10.3. The molecule has 0 radical (unpaired) electrons. The van der Waals surface area contributed by atoms with Crippen LogP contribution in [0.15, 0.2) is 18.3 Å². The molecule has 2 rings (SSSR count). The van der Waals surface area contributed by atoms with Crippen LogP contribution in [-0.2, 0) is 16.1 Å². The number of H-pyrrole nitrogens is 1. The average molecular weight is 437 g/mol. The van der Waals surface area contributed by atoms with Crippen molar-refractivity contribution in [3.05, 3.63) is 29.8 Å². The zero-order valence-electron chi connectivity index (χ0n) is 14.8. The Hall–Kier alpha value is -2.48. The van der Waals surface area contributed by atoms with Crippen molar-refractivity contribution in [2.45, 2.75) is 25.3 Å². The summed E-state index contributed by atoms with van der Waals surface area (Å²) >= 11 is 0. The quantitative estimate of drug-likeness (QED) is 0.502. The van der Waals surface area contributed by atoms with Gasteiger partial charge in [0.05, 0.1) is 13.1 Å². The summed E-state index contributed by atoms with van der Waals surface area (Å²) in [5.74, 6) is -6.14. The van der Waals surface area contributed by atoms with Gasteiger partial charge in [0.2, 0.25) is 0 Å². The number of carbonyl (C=O) groups is 2. The van der Waals surface area contributed by atoms with E-state index >= 15 is 0 Å². The summed E-state index contributed by atoms with van der Waals surface area (Å²) in [6.45, 7) is 5.07. The number of carboxylic acid groups (broad SMARTS) is 2. The Morgan fingerprint density at radius 1 is 1.03 bits per heavy atom. The van der Waals surface area contributed by atoms with E-state index in [-0.39, 0.29) is 5.82 Å². The van der Waals surface area contributed by atoms with Gasteiger partial charge in [-0.3, -0.25) is 0 Å². The third-order valence-electron chi connectivity index (χ3n) is 3.31. The van der Waals surface area contributed by atoms with Crippen molar-refractivity contribution in [1.82, 2.24) is 5.32 Å². The molecule has 1 aromatic rings. The number of quaternary nitrogens is 1. The molecule has 0 aromatic carbocycles. The highest BCUT2D eigenvalue weighted by molar-refractivity contribution is 5.71. The third-order valence-corrected chi connectivity index (χ3v) is 3.31. The molecule has 0 amide bonds. The normalized spacial score (nSPS) is 17.0. The maximum Gasteiger partial charge on any atom is 0.430 e. The SMILES string of the molecule is Fc1ccc[nH+]c1C[NH+]1CCCNCC1.O=C([O-])C(F)(F)F.O=C([O-])C(F)(F)F. The molecule has 7 nitrogen and oxygen atoms in total. The number of hydrogen-bond donors (Lipinski definition) is 2. The summed E-state index contributed by atoms with van der Waals surface area (Å²) in [5, 5.41) is 20.9. The largest absolute Gasteiger partial charge is 0.542 e. The third kappa shape index (κ3) is 12.6. The Morgan fingerprint density at radius 2 is 1.55 bits per heavy atom. The van der Waals surface area contributed by atoms with Crippen molar-refractivity contribution in [1.29, 1.82) is 0 Å². The highest BCUT2D eigenvalue weighted by Crippen LogP contribution is 2.12. The van der Waals surface area contributed by atoms with Gasteiger partial charge in [0.15, 0.2) is 18.6 Å². The van der Waals surface area contributed by atoms with Gasteiger partial charge in [0, 0.05) is 25.6 Å². The summed E-state index contributed by atoms with van der Waals surface area (Å²) in [4.78, 5) is 22.0. The molecule has 1 aliphatic heterocycles. The predicted molar refractivity (Wildman–Crippen MR) is 77.0 cm³/mol. The van der Waals surface area contributed by atoms with Gasteiger partial charge in [0.25, 0.3) is 5.69 Å². The van der Waals surface area contributed by atoms with Crippen LogP contribution >= 0.6 is 0 Å². The summed E-state index contributed by atoms with van der Waals surface area (Å²) in [5.41, 5.74) is 0.717. The fraction of sp³-hybridized carbons (Fsp3) is 0.533. The zero-order chi connectivity index (χ0) is 22.7. The Balaban J connectivity index is 0.000000473. The maximum atomic E-state index is 13.4. The molecule has 1 aliphatic rings. The molecular weight excluding hydrogens is 419 g/mol. The minimum Gasteiger partial charge on any atom is -0.542 e. The lowest BCUT2D eigenvalue weighted by molar-refractivity contribution is -0.915. The van der Waals surface area contributed by atoms with E-state index in [1.807, 2.05) is 0 Å². The van der Waals surface area contributed by atoms with Crippen LogP contribution in [0.4, 0.5) is 30.7 Å². The molecule has 0 saturated carbocycles. The van der Waals surface area contributed by atoms with Crippen molar-refractivity contribution in [2.24, 2.45) is 0 Å². The van der Waals surface area contributed by atoms with Gasteiger partial charge in [-0.05, 0) is 6.07 Å². The first-order chi connectivity index (χ1) is 13.2. The van der Waals surface area contributed by atoms with Crippen molar-refractivity contribution in [3.63, 3.8) is 0 Å². The van der Waals surface area contributed by atoms with Gasteiger partial charge < -0.3 is 30.0 Å². The summed E-state index contributed by atoms with van der Waals surface area (Å²) in [6.07, 6.45) is -7.43. The van der Waals surface area contributed by atoms with E-state index in [1.165, 1.54) is 17.4 Å². The van der Waals surface area contributed by atoms with Gasteiger partial charge in [-0.25, -0.2) is 4.98 Å². The molecule has 0 spiro atoms. The number of aromatic amines is 1. The summed E-state index contributed by atoms with van der Waals surface area (Å²) < 4.78 is 76.5. The van der Waals surface area contributed by atoms with Crippen LogP contribution < -0.4 is 25.4 Å². The first-order valence-corrected chi connectivity index (χ1v) is 8.00. The fourth-order valence-corrected chi connectivity index (χ4v) is 1.99. The van der Waals surface area contributed by atoms with E-state index in [0.717, 1.165) is 38.4 Å². The number of aliphatic carboxylic acids is 2. The number of carboxylic acids is 2. The molecule has 0 bridgehead atoms. The molecule has 14 heteroatoms. The van der Waals surface area contributed by atoms with Crippen molar-refractivity contribution < 1.29 is 60.4 Å². The van der Waals surface area contributed by atoms with Crippen LogP contribution in [0.25, 0.3) is 0 Å². The second-order valence-electron chi connectivity index (χ2n) is 5.60. The molecule has 2 heterocycles. The van der Waals surface area contributed by atoms with E-state index in [0.29, 0.717) is 0 Å². The van der Waals surface area contributed by atoms with Gasteiger partial charge >= 0.3 is 12.4 Å². The molecule has 1 aromatic heterocycles. The standard InChI is InChI=1S/C11H16FN3.2C2HF3O2/c12-10-3-1-5-14-11(10)9-15-7-2-4-13-6-8-15;2*3-2(4,5)1(6)7/h1,3,5,13H,2,4,6-9H2;2*(H,6,7). The minimum atomic E-state index is -5.19. The highest BCUT2D eigenvalue weighted by atomic mass is 19.4. The molecule has 1 atom stereocenters. The fourth-order valence-electron chi connectivity index (χ4n) is 1.99. The van der Waals surface area contributed by atoms with Crippen LogP contribution in [0.1, 0.15) is 12.1 Å². The number of pyridine rings is 1. The van der Waals surface area contributed by atoms with E-state index in [4.69, 9.17) is 19.8 Å². The Morgan fingerprint density at radius 3 is 2.00 bits per heavy atom. The molecule has 29 heavy (non-hydrogen) atoms. The number of halogens is 7. The Bertz CT molecular complexity index is 622. The first kappa shape index (κ1) is 26.5. The van der Waals surface area contributed by atoms with E-state index < -0.39 is 24.3 Å². The summed E-state index contributed by atoms with van der Waals surface area (Å²) in [6, 6.07) is 3.21. The molecule has 1 saturated heterocycles. The average Bonchev–Trinajstić information content (AvgIpc) is 2.85. The minimum absolute atomic E-state index is 0.123. The lowest BCUT2D eigenvalue weighted by Gasteiger charge is -2.13. The van der Waals surface area contributed by atoms with E-state index in [1.54, 1.807) is 12.3 Å². The molecule has 3 N–H and O–H groups in total. The summed E-state index contributed by atoms with van der Waals surface area (Å²) in [7, 11) is 0. The van der Waals surface area contributed by atoms with Crippen LogP contribution in [0, 0.1) is 5.82 Å². The van der Waals surface area contributed by atoms with Crippen LogP contribution in [0.5, 0.6) is 0 Å². The second kappa shape index (κ2) is 12.2. The molecule has 166 valence electrons. The molecular formula is C15H18F7N3O4. The lowest BCUT2D eigenvalue weighted by Crippen LogP contribution is -3.11. The number of aromatic nitrogens is 1. The van der Waals surface area contributed by atoms with Crippen molar-refractivity contribution >= 4 is 11.9 Å². The van der Waals surface area contributed by atoms with E-state index in [2.05, 4.69) is 10.3 Å². The van der Waals surface area contributed by atoms with Crippen LogP contribution in [0.2, 0.25) is 0 Å². The van der Waals surface area contributed by atoms with Crippen molar-refractivity contribution in [2.75, 3.05) is 26.2 Å². The number of carbonyl (C=O) groups excluding carboxylic acids is 2. The van der Waals surface area contributed by atoms with Gasteiger partial charge in [-0.2, -0.15) is 30.7 Å². The van der Waals surface area contributed by atoms with Crippen LogP contribution in [-0.4, -0.2) is 50.5 Å². The molecule has 1 unspecified atom stereocenters. The smallest absolute Gasteiger partial charge is 0.430 e. The van der Waals surface area contributed by atoms with E-state index in [9.17, 15) is 30.7 Å². The number of rotatable bonds is 2. The number of nitrogens with one attached hydrogen (secondary N) is 3. The topological polar surface area (TPSA) is 111 Å². The number of hydrogen-bond acceptors (Lipinski definition) is 5. The monoisotopic (exact) mass is 437 g/mol. The zero-order valence-corrected chi connectivity index (χ0v) is 14.8. The first-order valence-electron chi connectivity index (χ1n) is 8.00. The van der Waals surface area contributed by atoms with Gasteiger partial charge in [-0.1, -0.05) is 0 Å². The maximum absolute atomic E-state index is 13.4. The second-order valence-corrected chi connectivity index (χ2v) is 5.60. The van der Waals surface area contributed by atoms with Crippen molar-refractivity contribution in [3.8, 4) is 0 Å². The Kier molecular flexibility index (Phi) is 11.1. The molecule has 1 fully saturated rings. The molecule has 0 aliphatic carbocycles.